The first-order valence-corrected chi connectivity index (χ1v) is 8.78. The maximum atomic E-state index is 11.4. The van der Waals surface area contributed by atoms with Gasteiger partial charge in [0.1, 0.15) is 0 Å². The van der Waals surface area contributed by atoms with Crippen LogP contribution in [-0.4, -0.2) is 26.0 Å². The molecule has 8 nitrogen and oxygen atoms in total. The third-order valence-corrected chi connectivity index (χ3v) is 4.60. The van der Waals surface area contributed by atoms with Gasteiger partial charge in [-0.25, -0.2) is 5.10 Å². The summed E-state index contributed by atoms with van der Waals surface area (Å²) in [6, 6.07) is 13.6. The molecule has 1 aromatic heterocycles. The number of aromatic amines is 1. The Labute approximate surface area is 157 Å². The SMILES string of the molecule is O=[N+]([O-])c1cc(/C=N\n2c(SCc3ccccc3)n[nH]c2=S)ccc1[O-]. The third kappa shape index (κ3) is 4.16. The summed E-state index contributed by atoms with van der Waals surface area (Å²) < 4.78 is 1.73. The fraction of sp³-hybridized carbons (Fsp3) is 0.0625. The molecule has 0 bridgehead atoms. The molecular weight excluding hydrogens is 374 g/mol. The molecular formula is C16H12N5O3S2-. The fourth-order valence-electron chi connectivity index (χ4n) is 2.08. The lowest BCUT2D eigenvalue weighted by Gasteiger charge is -2.06. The van der Waals surface area contributed by atoms with Gasteiger partial charge in [0.25, 0.3) is 5.69 Å². The van der Waals surface area contributed by atoms with Gasteiger partial charge in [0, 0.05) is 17.4 Å². The minimum atomic E-state index is -0.718. The zero-order valence-electron chi connectivity index (χ0n) is 13.2. The first-order chi connectivity index (χ1) is 12.5. The summed E-state index contributed by atoms with van der Waals surface area (Å²) in [6.07, 6.45) is 1.39. The lowest BCUT2D eigenvalue weighted by atomic mass is 10.2. The highest BCUT2D eigenvalue weighted by atomic mass is 32.2. The normalized spacial score (nSPS) is 11.1. The molecule has 2 aromatic carbocycles. The van der Waals surface area contributed by atoms with Crippen LogP contribution in [0.25, 0.3) is 0 Å². The molecule has 0 fully saturated rings. The Morgan fingerprint density at radius 3 is 2.81 bits per heavy atom. The number of benzene rings is 2. The molecule has 1 N–H and O–H groups in total. The lowest BCUT2D eigenvalue weighted by Crippen LogP contribution is -1.99. The van der Waals surface area contributed by atoms with Crippen LogP contribution in [0.15, 0.2) is 58.8 Å². The molecule has 0 aliphatic rings. The molecule has 3 rings (SSSR count). The number of aromatic nitrogens is 3. The number of nitro groups is 1. The Bertz CT molecular complexity index is 1010. The Hall–Kier alpha value is -2.98. The summed E-state index contributed by atoms with van der Waals surface area (Å²) in [5.41, 5.74) is 1.05. The molecule has 3 aromatic rings. The van der Waals surface area contributed by atoms with Crippen LogP contribution in [-0.2, 0) is 5.75 Å². The predicted molar refractivity (Wildman–Crippen MR) is 98.9 cm³/mol. The largest absolute Gasteiger partial charge is 0.868 e. The molecule has 0 unspecified atom stereocenters. The van der Waals surface area contributed by atoms with Gasteiger partial charge in [-0.2, -0.15) is 9.78 Å². The maximum absolute atomic E-state index is 11.4. The second-order valence-electron chi connectivity index (χ2n) is 5.13. The topological polar surface area (TPSA) is 112 Å². The summed E-state index contributed by atoms with van der Waals surface area (Å²) >= 11 is 6.62. The minimum Gasteiger partial charge on any atom is -0.868 e. The summed E-state index contributed by atoms with van der Waals surface area (Å²) in [5.74, 6) is 0.0398. The van der Waals surface area contributed by atoms with Crippen LogP contribution in [0, 0.1) is 14.9 Å². The van der Waals surface area contributed by atoms with Gasteiger partial charge >= 0.3 is 0 Å². The Balaban J connectivity index is 1.81. The zero-order chi connectivity index (χ0) is 18.5. The molecule has 0 aliphatic heterocycles. The van der Waals surface area contributed by atoms with E-state index < -0.39 is 16.4 Å². The van der Waals surface area contributed by atoms with Gasteiger partial charge in [-0.1, -0.05) is 54.2 Å². The number of H-pyrrole nitrogens is 1. The van der Waals surface area contributed by atoms with Crippen molar-refractivity contribution in [3.8, 4) is 5.75 Å². The molecule has 0 atom stereocenters. The van der Waals surface area contributed by atoms with Crippen molar-refractivity contribution in [3.05, 3.63) is 74.5 Å². The Kier molecular flexibility index (Phi) is 5.44. The first-order valence-electron chi connectivity index (χ1n) is 7.38. The van der Waals surface area contributed by atoms with Crippen LogP contribution in [0.5, 0.6) is 5.75 Å². The zero-order valence-corrected chi connectivity index (χ0v) is 14.9. The van der Waals surface area contributed by atoms with Crippen molar-refractivity contribution >= 4 is 35.9 Å². The highest BCUT2D eigenvalue weighted by molar-refractivity contribution is 7.98. The van der Waals surface area contributed by atoms with Crippen LogP contribution in [0.4, 0.5) is 5.69 Å². The number of nitrogens with one attached hydrogen (secondary N) is 1. The molecule has 10 heteroatoms. The molecule has 0 saturated heterocycles. The fourth-order valence-corrected chi connectivity index (χ4v) is 3.17. The van der Waals surface area contributed by atoms with E-state index in [1.165, 1.54) is 34.8 Å². The van der Waals surface area contributed by atoms with Gasteiger partial charge < -0.3 is 5.11 Å². The highest BCUT2D eigenvalue weighted by Gasteiger charge is 2.08. The summed E-state index contributed by atoms with van der Waals surface area (Å²) in [6.45, 7) is 0. The molecule has 0 radical (unpaired) electrons. The van der Waals surface area contributed by atoms with E-state index in [9.17, 15) is 15.2 Å². The quantitative estimate of drug-likeness (QED) is 0.229. The summed E-state index contributed by atoms with van der Waals surface area (Å²) in [4.78, 5) is 10.1. The maximum Gasteiger partial charge on any atom is 0.262 e. The van der Waals surface area contributed by atoms with Crippen molar-refractivity contribution in [2.24, 2.45) is 5.10 Å². The molecule has 0 spiro atoms. The second-order valence-corrected chi connectivity index (χ2v) is 6.46. The van der Waals surface area contributed by atoms with E-state index in [2.05, 4.69) is 15.3 Å². The molecule has 0 saturated carbocycles. The van der Waals surface area contributed by atoms with Gasteiger partial charge in [0.15, 0.2) is 0 Å². The molecule has 1 heterocycles. The Morgan fingerprint density at radius 2 is 2.08 bits per heavy atom. The number of hydrogen-bond acceptors (Lipinski definition) is 7. The van der Waals surface area contributed by atoms with E-state index in [1.807, 2.05) is 30.3 Å². The van der Waals surface area contributed by atoms with Gasteiger partial charge in [0.2, 0.25) is 9.93 Å². The van der Waals surface area contributed by atoms with Gasteiger partial charge in [0.05, 0.1) is 11.1 Å². The van der Waals surface area contributed by atoms with E-state index in [0.29, 0.717) is 21.2 Å². The monoisotopic (exact) mass is 386 g/mol. The third-order valence-electron chi connectivity index (χ3n) is 3.33. The number of nitrogens with zero attached hydrogens (tertiary/aromatic N) is 4. The van der Waals surface area contributed by atoms with Crippen molar-refractivity contribution in [1.82, 2.24) is 14.9 Å². The van der Waals surface area contributed by atoms with Crippen molar-refractivity contribution < 1.29 is 10.0 Å². The van der Waals surface area contributed by atoms with Crippen LogP contribution in [0.2, 0.25) is 0 Å². The van der Waals surface area contributed by atoms with Gasteiger partial charge in [-0.3, -0.25) is 10.1 Å². The molecule has 0 aliphatic carbocycles. The van der Waals surface area contributed by atoms with Crippen molar-refractivity contribution in [1.29, 1.82) is 0 Å². The van der Waals surface area contributed by atoms with Crippen LogP contribution < -0.4 is 5.11 Å². The van der Waals surface area contributed by atoms with Gasteiger partial charge in [-0.15, -0.1) is 5.10 Å². The van der Waals surface area contributed by atoms with Crippen molar-refractivity contribution in [3.63, 3.8) is 0 Å². The van der Waals surface area contributed by atoms with Crippen molar-refractivity contribution in [2.75, 3.05) is 0 Å². The van der Waals surface area contributed by atoms with Crippen LogP contribution in [0.1, 0.15) is 11.1 Å². The van der Waals surface area contributed by atoms with Crippen molar-refractivity contribution in [2.45, 2.75) is 10.9 Å². The van der Waals surface area contributed by atoms with E-state index in [0.717, 1.165) is 11.6 Å². The standard InChI is InChI=1S/C16H13N5O3S2/c22-14-7-6-12(8-13(14)21(23)24)9-17-20-15(25)18-19-16(20)26-10-11-4-2-1-3-5-11/h1-9,22H,10H2,(H,18,25)/p-1/b17-9-. The van der Waals surface area contributed by atoms with E-state index in [-0.39, 0.29) is 0 Å². The Morgan fingerprint density at radius 1 is 1.31 bits per heavy atom. The number of thioether (sulfide) groups is 1. The van der Waals surface area contributed by atoms with E-state index >= 15 is 0 Å². The van der Waals surface area contributed by atoms with Crippen LogP contribution in [0.3, 0.4) is 0 Å². The number of hydrogen-bond donors (Lipinski definition) is 1. The minimum absolute atomic E-state index is 0.298. The molecule has 26 heavy (non-hydrogen) atoms. The number of nitro benzene ring substituents is 1. The van der Waals surface area contributed by atoms with Crippen LogP contribution >= 0.6 is 24.0 Å². The molecule has 0 amide bonds. The highest BCUT2D eigenvalue weighted by Crippen LogP contribution is 2.24. The predicted octanol–water partition coefficient (Wildman–Crippen LogP) is 3.10. The summed E-state index contributed by atoms with van der Waals surface area (Å²) in [5, 5.41) is 33.9. The average molecular weight is 386 g/mol. The number of rotatable bonds is 6. The lowest BCUT2D eigenvalue weighted by molar-refractivity contribution is -0.398. The van der Waals surface area contributed by atoms with E-state index in [1.54, 1.807) is 0 Å². The first kappa shape index (κ1) is 17.8. The summed E-state index contributed by atoms with van der Waals surface area (Å²) in [7, 11) is 0. The second kappa shape index (κ2) is 7.93. The molecule has 132 valence electrons. The van der Waals surface area contributed by atoms with Gasteiger partial charge in [-0.05, 0) is 23.5 Å². The average Bonchev–Trinajstić information content (AvgIpc) is 2.99. The smallest absolute Gasteiger partial charge is 0.262 e. The van der Waals surface area contributed by atoms with E-state index in [4.69, 9.17) is 12.2 Å².